The van der Waals surface area contributed by atoms with Crippen LogP contribution in [-0.4, -0.2) is 43.7 Å². The minimum absolute atomic E-state index is 0.0873. The van der Waals surface area contributed by atoms with Crippen LogP contribution in [0, 0.1) is 10.1 Å². The van der Waals surface area contributed by atoms with Crippen LogP contribution in [0.25, 0.3) is 0 Å². The molecule has 0 radical (unpaired) electrons. The Hall–Kier alpha value is -2.93. The quantitative estimate of drug-likeness (QED) is 0.625. The lowest BCUT2D eigenvalue weighted by atomic mass is 10.0. The molecule has 1 saturated heterocycles. The third kappa shape index (κ3) is 4.62. The van der Waals surface area contributed by atoms with Gasteiger partial charge in [0.25, 0.3) is 11.6 Å². The van der Waals surface area contributed by atoms with E-state index in [2.05, 4.69) is 10.2 Å². The summed E-state index contributed by atoms with van der Waals surface area (Å²) in [6.45, 7) is 5.02. The highest BCUT2D eigenvalue weighted by Gasteiger charge is 2.23. The topological polar surface area (TPSA) is 84.7 Å². The van der Waals surface area contributed by atoms with E-state index in [1.807, 2.05) is 37.3 Å². The number of morpholine rings is 1. The van der Waals surface area contributed by atoms with Gasteiger partial charge in [-0.3, -0.25) is 14.9 Å². The molecule has 2 aromatic rings. The van der Waals surface area contributed by atoms with Crippen molar-refractivity contribution in [2.75, 3.05) is 37.7 Å². The maximum atomic E-state index is 12.7. The monoisotopic (exact) mass is 369 g/mol. The normalized spacial score (nSPS) is 15.2. The number of benzene rings is 2. The van der Waals surface area contributed by atoms with E-state index in [1.165, 1.54) is 6.07 Å². The van der Waals surface area contributed by atoms with Gasteiger partial charge in [-0.2, -0.15) is 0 Å². The fourth-order valence-electron chi connectivity index (χ4n) is 3.12. The third-order valence-electron chi connectivity index (χ3n) is 4.74. The number of carbonyl (C=O) groups is 1. The number of nitro groups is 1. The van der Waals surface area contributed by atoms with Gasteiger partial charge in [-0.05, 0) is 23.6 Å². The van der Waals surface area contributed by atoms with Crippen molar-refractivity contribution in [2.45, 2.75) is 12.8 Å². The minimum atomic E-state index is -0.515. The fraction of sp³-hybridized carbons (Fsp3) is 0.350. The first kappa shape index (κ1) is 18.8. The Morgan fingerprint density at radius 1 is 1.22 bits per heavy atom. The van der Waals surface area contributed by atoms with E-state index in [0.717, 1.165) is 11.3 Å². The SMILES string of the molecule is C[C@@H](CNC(=O)c1cc(N2CCOCC2)ccc1[N+](=O)[O-])c1ccccc1. The summed E-state index contributed by atoms with van der Waals surface area (Å²) in [6.07, 6.45) is 0. The molecular formula is C20H23N3O4. The Balaban J connectivity index is 1.76. The van der Waals surface area contributed by atoms with Crippen LogP contribution in [0.3, 0.4) is 0 Å². The predicted molar refractivity (Wildman–Crippen MR) is 103 cm³/mol. The Kier molecular flexibility index (Phi) is 6.03. The van der Waals surface area contributed by atoms with Crippen molar-refractivity contribution in [3.8, 4) is 0 Å². The molecule has 1 aliphatic heterocycles. The van der Waals surface area contributed by atoms with Crippen molar-refractivity contribution >= 4 is 17.3 Å². The molecule has 142 valence electrons. The maximum absolute atomic E-state index is 12.7. The summed E-state index contributed by atoms with van der Waals surface area (Å²) < 4.78 is 5.34. The number of hydrogen-bond donors (Lipinski definition) is 1. The summed E-state index contributed by atoms with van der Waals surface area (Å²) in [5.41, 5.74) is 1.81. The second kappa shape index (κ2) is 8.64. The van der Waals surface area contributed by atoms with Crippen molar-refractivity contribution in [3.63, 3.8) is 0 Å². The zero-order valence-corrected chi connectivity index (χ0v) is 15.3. The number of hydrogen-bond acceptors (Lipinski definition) is 5. The molecule has 1 heterocycles. The molecule has 1 N–H and O–H groups in total. The number of carbonyl (C=O) groups excluding carboxylic acids is 1. The van der Waals surface area contributed by atoms with E-state index in [9.17, 15) is 14.9 Å². The standard InChI is InChI=1S/C20H23N3O4/c1-15(16-5-3-2-4-6-16)14-21-20(24)18-13-17(7-8-19(18)23(25)26)22-9-11-27-12-10-22/h2-8,13,15H,9-12,14H2,1H3,(H,21,24)/t15-/m0/s1. The van der Waals surface area contributed by atoms with Crippen LogP contribution >= 0.6 is 0 Å². The summed E-state index contributed by atoms with van der Waals surface area (Å²) in [5.74, 6) is -0.323. The summed E-state index contributed by atoms with van der Waals surface area (Å²) in [5, 5.41) is 14.2. The van der Waals surface area contributed by atoms with E-state index < -0.39 is 10.8 Å². The Morgan fingerprint density at radius 3 is 2.59 bits per heavy atom. The fourth-order valence-corrected chi connectivity index (χ4v) is 3.12. The second-order valence-corrected chi connectivity index (χ2v) is 6.58. The zero-order valence-electron chi connectivity index (χ0n) is 15.3. The minimum Gasteiger partial charge on any atom is -0.378 e. The largest absolute Gasteiger partial charge is 0.378 e. The number of amides is 1. The molecule has 0 bridgehead atoms. The van der Waals surface area contributed by atoms with Gasteiger partial charge >= 0.3 is 0 Å². The molecule has 0 saturated carbocycles. The number of nitro benzene ring substituents is 1. The highest BCUT2D eigenvalue weighted by Crippen LogP contribution is 2.26. The summed E-state index contributed by atoms with van der Waals surface area (Å²) in [4.78, 5) is 25.6. The number of nitrogens with one attached hydrogen (secondary N) is 1. The van der Waals surface area contributed by atoms with Gasteiger partial charge in [0.1, 0.15) is 5.56 Å². The average Bonchev–Trinajstić information content (AvgIpc) is 2.72. The molecule has 1 aliphatic rings. The van der Waals surface area contributed by atoms with Gasteiger partial charge in [0.05, 0.1) is 18.1 Å². The van der Waals surface area contributed by atoms with Gasteiger partial charge in [-0.25, -0.2) is 0 Å². The summed E-state index contributed by atoms with van der Waals surface area (Å²) in [7, 11) is 0. The van der Waals surface area contributed by atoms with E-state index in [1.54, 1.807) is 12.1 Å². The second-order valence-electron chi connectivity index (χ2n) is 6.58. The van der Waals surface area contributed by atoms with Crippen molar-refractivity contribution in [2.24, 2.45) is 0 Å². The van der Waals surface area contributed by atoms with Crippen molar-refractivity contribution < 1.29 is 14.5 Å². The summed E-state index contributed by atoms with van der Waals surface area (Å²) >= 11 is 0. The van der Waals surface area contributed by atoms with E-state index in [0.29, 0.717) is 32.8 Å². The summed E-state index contributed by atoms with van der Waals surface area (Å²) in [6, 6.07) is 14.5. The van der Waals surface area contributed by atoms with E-state index in [-0.39, 0.29) is 17.2 Å². The average molecular weight is 369 g/mol. The van der Waals surface area contributed by atoms with Crippen molar-refractivity contribution in [1.82, 2.24) is 5.32 Å². The Morgan fingerprint density at radius 2 is 1.93 bits per heavy atom. The molecule has 2 aromatic carbocycles. The van der Waals surface area contributed by atoms with Gasteiger partial charge in [-0.15, -0.1) is 0 Å². The molecule has 0 aromatic heterocycles. The number of ether oxygens (including phenoxy) is 1. The molecule has 0 aliphatic carbocycles. The predicted octanol–water partition coefficient (Wildman–Crippen LogP) is 2.96. The third-order valence-corrected chi connectivity index (χ3v) is 4.74. The lowest BCUT2D eigenvalue weighted by molar-refractivity contribution is -0.385. The Labute approximate surface area is 158 Å². The van der Waals surface area contributed by atoms with Gasteiger partial charge in [0, 0.05) is 31.4 Å². The van der Waals surface area contributed by atoms with Crippen LogP contribution in [0.1, 0.15) is 28.8 Å². The lowest BCUT2D eigenvalue weighted by Crippen LogP contribution is -2.36. The highest BCUT2D eigenvalue weighted by molar-refractivity contribution is 5.99. The van der Waals surface area contributed by atoms with Gasteiger partial charge in [0.15, 0.2) is 0 Å². The van der Waals surface area contributed by atoms with Crippen LogP contribution in [0.15, 0.2) is 48.5 Å². The first-order chi connectivity index (χ1) is 13.1. The van der Waals surface area contributed by atoms with E-state index in [4.69, 9.17) is 4.74 Å². The van der Waals surface area contributed by atoms with Crippen LogP contribution < -0.4 is 10.2 Å². The molecule has 1 fully saturated rings. The van der Waals surface area contributed by atoms with Crippen LogP contribution in [-0.2, 0) is 4.74 Å². The molecule has 7 nitrogen and oxygen atoms in total. The molecule has 3 rings (SSSR count). The molecule has 1 amide bonds. The zero-order chi connectivity index (χ0) is 19.2. The smallest absolute Gasteiger partial charge is 0.282 e. The molecule has 7 heteroatoms. The Bertz CT molecular complexity index is 804. The number of anilines is 1. The highest BCUT2D eigenvalue weighted by atomic mass is 16.6. The molecular weight excluding hydrogens is 346 g/mol. The number of rotatable bonds is 6. The molecule has 0 spiro atoms. The number of nitrogens with zero attached hydrogens (tertiary/aromatic N) is 2. The van der Waals surface area contributed by atoms with Crippen LogP contribution in [0.4, 0.5) is 11.4 Å². The molecule has 27 heavy (non-hydrogen) atoms. The lowest BCUT2D eigenvalue weighted by Gasteiger charge is -2.29. The van der Waals surface area contributed by atoms with E-state index >= 15 is 0 Å². The first-order valence-electron chi connectivity index (χ1n) is 9.00. The van der Waals surface area contributed by atoms with Crippen LogP contribution in [0.2, 0.25) is 0 Å². The first-order valence-corrected chi connectivity index (χ1v) is 9.00. The van der Waals surface area contributed by atoms with Gasteiger partial charge in [-0.1, -0.05) is 37.3 Å². The van der Waals surface area contributed by atoms with Crippen molar-refractivity contribution in [1.29, 1.82) is 0 Å². The van der Waals surface area contributed by atoms with Gasteiger partial charge in [0.2, 0.25) is 0 Å². The van der Waals surface area contributed by atoms with Gasteiger partial charge < -0.3 is 15.0 Å². The maximum Gasteiger partial charge on any atom is 0.282 e. The van der Waals surface area contributed by atoms with Crippen LogP contribution in [0.5, 0.6) is 0 Å². The molecule has 1 atom stereocenters. The molecule has 0 unspecified atom stereocenters. The van der Waals surface area contributed by atoms with Crippen molar-refractivity contribution in [3.05, 3.63) is 69.8 Å².